The number of nitrogens with zero attached hydrogens (tertiary/aromatic N) is 2. The van der Waals surface area contributed by atoms with Crippen LogP contribution in [-0.2, 0) is 11.3 Å². The van der Waals surface area contributed by atoms with Gasteiger partial charge in [-0.3, -0.25) is 4.90 Å². The van der Waals surface area contributed by atoms with Crippen LogP contribution in [0.15, 0.2) is 24.3 Å². The average molecular weight is 228 g/mol. The Kier molecular flexibility index (Phi) is 3.89. The maximum Gasteiger partial charge on any atom is 0.137 e. The van der Waals surface area contributed by atoms with Crippen LogP contribution in [0.4, 0.5) is 0 Å². The molecule has 0 spiro atoms. The molecule has 3 nitrogen and oxygen atoms in total. The van der Waals surface area contributed by atoms with Crippen molar-refractivity contribution in [3.05, 3.63) is 35.4 Å². The number of hydrogen-bond donors (Lipinski definition) is 0. The van der Waals surface area contributed by atoms with Gasteiger partial charge < -0.3 is 4.79 Å². The second-order valence-corrected chi connectivity index (χ2v) is 4.48. The van der Waals surface area contributed by atoms with E-state index in [0.717, 1.165) is 44.2 Å². The number of nitriles is 1. The van der Waals surface area contributed by atoms with E-state index >= 15 is 0 Å². The van der Waals surface area contributed by atoms with E-state index in [1.165, 1.54) is 0 Å². The predicted molar refractivity (Wildman–Crippen MR) is 65.3 cm³/mol. The second kappa shape index (κ2) is 5.60. The number of hydrogen-bond acceptors (Lipinski definition) is 3. The first-order chi connectivity index (χ1) is 8.33. The van der Waals surface area contributed by atoms with Gasteiger partial charge in [0, 0.05) is 6.54 Å². The number of piperidine rings is 1. The van der Waals surface area contributed by atoms with Crippen molar-refractivity contribution in [3.8, 4) is 6.07 Å². The Morgan fingerprint density at radius 1 is 1.47 bits per heavy atom. The predicted octanol–water partition coefficient (Wildman–Crippen LogP) is 2.11. The third-order valence-electron chi connectivity index (χ3n) is 3.26. The molecule has 1 aliphatic rings. The van der Waals surface area contributed by atoms with Crippen LogP contribution < -0.4 is 0 Å². The molecule has 88 valence electrons. The number of carbonyl (C=O) groups excluding carboxylic acids is 1. The Bertz CT molecular complexity index is 436. The summed E-state index contributed by atoms with van der Waals surface area (Å²) in [6.07, 6.45) is 4.30. The van der Waals surface area contributed by atoms with E-state index in [1.807, 2.05) is 18.2 Å². The van der Waals surface area contributed by atoms with Crippen molar-refractivity contribution in [3.63, 3.8) is 0 Å². The SMILES string of the molecule is N#Cc1cccc(CN2CCCCC2C=O)c1. The van der Waals surface area contributed by atoms with Crippen molar-refractivity contribution in [1.29, 1.82) is 5.26 Å². The fourth-order valence-electron chi connectivity index (χ4n) is 2.34. The summed E-state index contributed by atoms with van der Waals surface area (Å²) in [5.74, 6) is 0. The third kappa shape index (κ3) is 2.92. The lowest BCUT2D eigenvalue weighted by Gasteiger charge is -2.32. The van der Waals surface area contributed by atoms with Gasteiger partial charge in [-0.05, 0) is 37.1 Å². The van der Waals surface area contributed by atoms with Crippen molar-refractivity contribution in [2.45, 2.75) is 31.8 Å². The van der Waals surface area contributed by atoms with E-state index < -0.39 is 0 Å². The highest BCUT2D eigenvalue weighted by molar-refractivity contribution is 5.57. The van der Waals surface area contributed by atoms with Crippen LogP contribution >= 0.6 is 0 Å². The summed E-state index contributed by atoms with van der Waals surface area (Å²) < 4.78 is 0. The van der Waals surface area contributed by atoms with E-state index in [4.69, 9.17) is 5.26 Å². The smallest absolute Gasteiger partial charge is 0.137 e. The standard InChI is InChI=1S/C14H16N2O/c15-9-12-4-3-5-13(8-12)10-16-7-2-1-6-14(16)11-17/h3-5,8,11,14H,1-2,6-7,10H2. The van der Waals surface area contributed by atoms with Gasteiger partial charge in [-0.2, -0.15) is 5.26 Å². The summed E-state index contributed by atoms with van der Waals surface area (Å²) >= 11 is 0. The maximum atomic E-state index is 11.0. The highest BCUT2D eigenvalue weighted by atomic mass is 16.1. The van der Waals surface area contributed by atoms with Crippen LogP contribution in [0.25, 0.3) is 0 Å². The first-order valence-electron chi connectivity index (χ1n) is 6.02. The van der Waals surface area contributed by atoms with Gasteiger partial charge in [-0.25, -0.2) is 0 Å². The largest absolute Gasteiger partial charge is 0.302 e. The van der Waals surface area contributed by atoms with Gasteiger partial charge in [0.05, 0.1) is 17.7 Å². The molecule has 1 saturated heterocycles. The summed E-state index contributed by atoms with van der Waals surface area (Å²) in [7, 11) is 0. The highest BCUT2D eigenvalue weighted by Gasteiger charge is 2.21. The molecule has 0 saturated carbocycles. The van der Waals surface area contributed by atoms with Crippen molar-refractivity contribution in [2.75, 3.05) is 6.54 Å². The molecule has 0 N–H and O–H groups in total. The van der Waals surface area contributed by atoms with Crippen molar-refractivity contribution < 1.29 is 4.79 Å². The molecule has 1 aliphatic heterocycles. The second-order valence-electron chi connectivity index (χ2n) is 4.48. The number of benzene rings is 1. The van der Waals surface area contributed by atoms with E-state index in [1.54, 1.807) is 6.07 Å². The molecule has 1 atom stereocenters. The van der Waals surface area contributed by atoms with E-state index in [2.05, 4.69) is 11.0 Å². The molecule has 17 heavy (non-hydrogen) atoms. The number of rotatable bonds is 3. The van der Waals surface area contributed by atoms with Gasteiger partial charge in [-0.1, -0.05) is 18.6 Å². The van der Waals surface area contributed by atoms with Crippen LogP contribution in [0, 0.1) is 11.3 Å². The summed E-state index contributed by atoms with van der Waals surface area (Å²) in [5.41, 5.74) is 1.79. The first-order valence-corrected chi connectivity index (χ1v) is 6.02. The van der Waals surface area contributed by atoms with Crippen LogP contribution in [0.3, 0.4) is 0 Å². The molecule has 0 aromatic heterocycles. The third-order valence-corrected chi connectivity index (χ3v) is 3.26. The molecule has 1 fully saturated rings. The van der Waals surface area contributed by atoms with Gasteiger partial charge in [0.25, 0.3) is 0 Å². The van der Waals surface area contributed by atoms with Crippen LogP contribution in [-0.4, -0.2) is 23.8 Å². The molecule has 1 unspecified atom stereocenters. The van der Waals surface area contributed by atoms with E-state index in [9.17, 15) is 4.79 Å². The maximum absolute atomic E-state index is 11.0. The summed E-state index contributed by atoms with van der Waals surface area (Å²) in [6, 6.07) is 9.80. The highest BCUT2D eigenvalue weighted by Crippen LogP contribution is 2.18. The quantitative estimate of drug-likeness (QED) is 0.744. The molecule has 1 aromatic carbocycles. The minimum absolute atomic E-state index is 0.0505. The summed E-state index contributed by atoms with van der Waals surface area (Å²) in [5, 5.41) is 8.85. The molecule has 0 aliphatic carbocycles. The van der Waals surface area contributed by atoms with Gasteiger partial charge in [0.2, 0.25) is 0 Å². The number of likely N-dealkylation sites (tertiary alicyclic amines) is 1. The minimum atomic E-state index is 0.0505. The molecule has 1 heterocycles. The molecular weight excluding hydrogens is 212 g/mol. The number of aldehydes is 1. The Labute approximate surface area is 102 Å². The van der Waals surface area contributed by atoms with Crippen molar-refractivity contribution in [1.82, 2.24) is 4.90 Å². The summed E-state index contributed by atoms with van der Waals surface area (Å²) in [4.78, 5) is 13.2. The first kappa shape index (κ1) is 11.8. The zero-order chi connectivity index (χ0) is 12.1. The topological polar surface area (TPSA) is 44.1 Å². The van der Waals surface area contributed by atoms with Gasteiger partial charge in [-0.15, -0.1) is 0 Å². The van der Waals surface area contributed by atoms with Crippen molar-refractivity contribution in [2.24, 2.45) is 0 Å². The zero-order valence-electron chi connectivity index (χ0n) is 9.80. The zero-order valence-corrected chi connectivity index (χ0v) is 9.80. The van der Waals surface area contributed by atoms with E-state index in [0.29, 0.717) is 5.56 Å². The minimum Gasteiger partial charge on any atom is -0.302 e. The molecule has 3 heteroatoms. The average Bonchev–Trinajstić information content (AvgIpc) is 2.39. The Morgan fingerprint density at radius 2 is 2.35 bits per heavy atom. The lowest BCUT2D eigenvalue weighted by atomic mass is 10.0. The van der Waals surface area contributed by atoms with Crippen LogP contribution in [0.2, 0.25) is 0 Å². The lowest BCUT2D eigenvalue weighted by Crippen LogP contribution is -2.39. The fourth-order valence-corrected chi connectivity index (χ4v) is 2.34. The molecule has 0 bridgehead atoms. The molecule has 2 rings (SSSR count). The van der Waals surface area contributed by atoms with Crippen LogP contribution in [0.5, 0.6) is 0 Å². The fraction of sp³-hybridized carbons (Fsp3) is 0.429. The van der Waals surface area contributed by atoms with E-state index in [-0.39, 0.29) is 6.04 Å². The molecule has 0 radical (unpaired) electrons. The normalized spacial score (nSPS) is 20.8. The Morgan fingerprint density at radius 3 is 3.12 bits per heavy atom. The van der Waals surface area contributed by atoms with Crippen molar-refractivity contribution >= 4 is 6.29 Å². The van der Waals surface area contributed by atoms with Gasteiger partial charge >= 0.3 is 0 Å². The molecule has 1 aromatic rings. The van der Waals surface area contributed by atoms with Crippen LogP contribution in [0.1, 0.15) is 30.4 Å². The summed E-state index contributed by atoms with van der Waals surface area (Å²) in [6.45, 7) is 1.74. The number of carbonyl (C=O) groups is 1. The Hall–Kier alpha value is -1.66. The monoisotopic (exact) mass is 228 g/mol. The Balaban J connectivity index is 2.08. The lowest BCUT2D eigenvalue weighted by molar-refractivity contribution is -0.113. The van der Waals surface area contributed by atoms with Gasteiger partial charge in [0.1, 0.15) is 6.29 Å². The molecule has 0 amide bonds. The van der Waals surface area contributed by atoms with Gasteiger partial charge in [0.15, 0.2) is 0 Å². The molecular formula is C14H16N2O.